The molecule has 0 amide bonds. The van der Waals surface area contributed by atoms with E-state index >= 15 is 0 Å². The standard InChI is InChI=1S/C14H12FIO2/c1-9(17)10-5-4-6-11(15)14(10)18-13-8-3-2-7-12(13)16/h2-9,17H,1H3/t9-/m1/s1. The Labute approximate surface area is 119 Å². The number of hydrogen-bond donors (Lipinski definition) is 1. The minimum absolute atomic E-state index is 0.0802. The number of benzene rings is 2. The average Bonchev–Trinajstić information content (AvgIpc) is 2.34. The van der Waals surface area contributed by atoms with E-state index in [2.05, 4.69) is 22.6 Å². The third kappa shape index (κ3) is 2.81. The average molecular weight is 358 g/mol. The van der Waals surface area contributed by atoms with Crippen LogP contribution in [0, 0.1) is 9.39 Å². The lowest BCUT2D eigenvalue weighted by atomic mass is 10.1. The summed E-state index contributed by atoms with van der Waals surface area (Å²) in [6.07, 6.45) is -0.780. The topological polar surface area (TPSA) is 29.5 Å². The Hall–Kier alpha value is -1.14. The lowest BCUT2D eigenvalue weighted by molar-refractivity contribution is 0.194. The minimum atomic E-state index is -0.780. The number of halogens is 2. The van der Waals surface area contributed by atoms with Gasteiger partial charge in [-0.25, -0.2) is 4.39 Å². The molecule has 0 spiro atoms. The summed E-state index contributed by atoms with van der Waals surface area (Å²) in [7, 11) is 0. The fourth-order valence-electron chi connectivity index (χ4n) is 1.60. The third-order valence-corrected chi connectivity index (χ3v) is 3.39. The normalized spacial score (nSPS) is 12.2. The SMILES string of the molecule is C[C@@H](O)c1cccc(F)c1Oc1ccccc1I. The van der Waals surface area contributed by atoms with Crippen molar-refractivity contribution >= 4 is 22.6 Å². The molecule has 18 heavy (non-hydrogen) atoms. The summed E-state index contributed by atoms with van der Waals surface area (Å²) in [6.45, 7) is 1.58. The van der Waals surface area contributed by atoms with Crippen LogP contribution in [0.3, 0.4) is 0 Å². The fraction of sp³-hybridized carbons (Fsp3) is 0.143. The Bertz CT molecular complexity index is 555. The van der Waals surface area contributed by atoms with E-state index < -0.39 is 11.9 Å². The van der Waals surface area contributed by atoms with Crippen LogP contribution in [0.1, 0.15) is 18.6 Å². The van der Waals surface area contributed by atoms with Gasteiger partial charge in [-0.2, -0.15) is 0 Å². The van der Waals surface area contributed by atoms with Crippen molar-refractivity contribution < 1.29 is 14.2 Å². The van der Waals surface area contributed by atoms with Crippen LogP contribution in [0.25, 0.3) is 0 Å². The zero-order chi connectivity index (χ0) is 13.1. The lowest BCUT2D eigenvalue weighted by Crippen LogP contribution is -1.99. The predicted octanol–water partition coefficient (Wildman–Crippen LogP) is 4.28. The van der Waals surface area contributed by atoms with Crippen molar-refractivity contribution in [2.75, 3.05) is 0 Å². The lowest BCUT2D eigenvalue weighted by Gasteiger charge is -2.14. The van der Waals surface area contributed by atoms with Gasteiger partial charge in [-0.15, -0.1) is 0 Å². The molecule has 1 N–H and O–H groups in total. The highest BCUT2D eigenvalue weighted by molar-refractivity contribution is 14.1. The Morgan fingerprint density at radius 3 is 2.56 bits per heavy atom. The first-order valence-electron chi connectivity index (χ1n) is 5.48. The summed E-state index contributed by atoms with van der Waals surface area (Å²) >= 11 is 2.12. The van der Waals surface area contributed by atoms with Crippen LogP contribution in [-0.2, 0) is 0 Å². The predicted molar refractivity (Wildman–Crippen MR) is 76.3 cm³/mol. The van der Waals surface area contributed by atoms with Gasteiger partial charge in [0.15, 0.2) is 11.6 Å². The molecule has 0 aliphatic heterocycles. The maximum absolute atomic E-state index is 13.8. The maximum atomic E-state index is 13.8. The van der Waals surface area contributed by atoms with E-state index in [4.69, 9.17) is 4.74 Å². The number of aliphatic hydroxyl groups is 1. The van der Waals surface area contributed by atoms with Crippen molar-refractivity contribution in [2.24, 2.45) is 0 Å². The Kier molecular flexibility index (Phi) is 4.19. The molecule has 0 unspecified atom stereocenters. The smallest absolute Gasteiger partial charge is 0.168 e. The van der Waals surface area contributed by atoms with Gasteiger partial charge in [0, 0.05) is 5.56 Å². The number of rotatable bonds is 3. The van der Waals surface area contributed by atoms with Crippen molar-refractivity contribution in [3.05, 3.63) is 57.4 Å². The van der Waals surface area contributed by atoms with E-state index in [1.54, 1.807) is 25.1 Å². The maximum Gasteiger partial charge on any atom is 0.168 e. The summed E-state index contributed by atoms with van der Waals surface area (Å²) in [5, 5.41) is 9.63. The van der Waals surface area contributed by atoms with Crippen LogP contribution in [0.2, 0.25) is 0 Å². The number of hydrogen-bond acceptors (Lipinski definition) is 2. The highest BCUT2D eigenvalue weighted by Gasteiger charge is 2.15. The van der Waals surface area contributed by atoms with Crippen molar-refractivity contribution in [1.82, 2.24) is 0 Å². The van der Waals surface area contributed by atoms with Crippen molar-refractivity contribution in [3.63, 3.8) is 0 Å². The van der Waals surface area contributed by atoms with Gasteiger partial charge in [-0.3, -0.25) is 0 Å². The van der Waals surface area contributed by atoms with E-state index in [-0.39, 0.29) is 5.75 Å². The largest absolute Gasteiger partial charge is 0.453 e. The zero-order valence-corrected chi connectivity index (χ0v) is 11.9. The molecule has 4 heteroatoms. The zero-order valence-electron chi connectivity index (χ0n) is 9.73. The van der Waals surface area contributed by atoms with E-state index in [9.17, 15) is 9.50 Å². The van der Waals surface area contributed by atoms with Crippen molar-refractivity contribution in [1.29, 1.82) is 0 Å². The Morgan fingerprint density at radius 1 is 1.17 bits per heavy atom. The third-order valence-electron chi connectivity index (χ3n) is 2.50. The van der Waals surface area contributed by atoms with Gasteiger partial charge in [0.05, 0.1) is 9.67 Å². The van der Waals surface area contributed by atoms with Gasteiger partial charge in [-0.05, 0) is 47.7 Å². The van der Waals surface area contributed by atoms with Gasteiger partial charge in [-0.1, -0.05) is 24.3 Å². The molecular weight excluding hydrogens is 346 g/mol. The molecule has 94 valence electrons. The van der Waals surface area contributed by atoms with E-state index in [0.29, 0.717) is 11.3 Å². The Morgan fingerprint density at radius 2 is 1.89 bits per heavy atom. The van der Waals surface area contributed by atoms with Crippen LogP contribution < -0.4 is 4.74 Å². The van der Waals surface area contributed by atoms with Gasteiger partial charge < -0.3 is 9.84 Å². The first-order valence-corrected chi connectivity index (χ1v) is 6.56. The summed E-state index contributed by atoms with van der Waals surface area (Å²) < 4.78 is 20.3. The Balaban J connectivity index is 2.43. The van der Waals surface area contributed by atoms with Crippen LogP contribution in [0.15, 0.2) is 42.5 Å². The van der Waals surface area contributed by atoms with Crippen molar-refractivity contribution in [2.45, 2.75) is 13.0 Å². The highest BCUT2D eigenvalue weighted by Crippen LogP contribution is 2.33. The molecule has 0 saturated carbocycles. The minimum Gasteiger partial charge on any atom is -0.453 e. The molecule has 2 nitrogen and oxygen atoms in total. The molecule has 0 aromatic heterocycles. The fourth-order valence-corrected chi connectivity index (χ4v) is 2.10. The van der Waals surface area contributed by atoms with Gasteiger partial charge >= 0.3 is 0 Å². The van der Waals surface area contributed by atoms with Crippen LogP contribution >= 0.6 is 22.6 Å². The molecule has 0 fully saturated rings. The molecule has 0 saturated heterocycles. The highest BCUT2D eigenvalue weighted by atomic mass is 127. The van der Waals surface area contributed by atoms with Crippen molar-refractivity contribution in [3.8, 4) is 11.5 Å². The summed E-state index contributed by atoms with van der Waals surface area (Å²) in [6, 6.07) is 11.9. The molecule has 1 atom stereocenters. The number of aliphatic hydroxyl groups excluding tert-OH is 1. The molecule has 0 radical (unpaired) electrons. The van der Waals surface area contributed by atoms with Gasteiger partial charge in [0.25, 0.3) is 0 Å². The van der Waals surface area contributed by atoms with Gasteiger partial charge in [0.2, 0.25) is 0 Å². The molecule has 0 heterocycles. The second kappa shape index (κ2) is 5.67. The summed E-state index contributed by atoms with van der Waals surface area (Å²) in [5.41, 5.74) is 0.439. The van der Waals surface area contributed by atoms with Crippen LogP contribution in [0.5, 0.6) is 11.5 Å². The van der Waals surface area contributed by atoms with Gasteiger partial charge in [0.1, 0.15) is 5.75 Å². The van der Waals surface area contributed by atoms with E-state index in [0.717, 1.165) is 3.57 Å². The molecule has 2 aromatic carbocycles. The molecular formula is C14H12FIO2. The quantitative estimate of drug-likeness (QED) is 0.831. The van der Waals surface area contributed by atoms with Crippen LogP contribution in [0.4, 0.5) is 4.39 Å². The second-order valence-corrected chi connectivity index (χ2v) is 5.03. The summed E-state index contributed by atoms with van der Waals surface area (Å²) in [4.78, 5) is 0. The van der Waals surface area contributed by atoms with E-state index in [1.165, 1.54) is 6.07 Å². The molecule has 0 aliphatic carbocycles. The molecule has 0 bridgehead atoms. The summed E-state index contributed by atoms with van der Waals surface area (Å²) in [5.74, 6) is 0.176. The van der Waals surface area contributed by atoms with E-state index in [1.807, 2.05) is 18.2 Å². The monoisotopic (exact) mass is 358 g/mol. The first kappa shape index (κ1) is 13.3. The second-order valence-electron chi connectivity index (χ2n) is 3.87. The molecule has 2 aromatic rings. The molecule has 0 aliphatic rings. The van der Waals surface area contributed by atoms with Crippen LogP contribution in [-0.4, -0.2) is 5.11 Å². The number of ether oxygens (including phenoxy) is 1. The number of para-hydroxylation sites is 2. The first-order chi connectivity index (χ1) is 8.59. The molecule has 2 rings (SSSR count).